The van der Waals surface area contributed by atoms with Crippen molar-refractivity contribution < 1.29 is 8.42 Å². The number of rotatable bonds is 4. The van der Waals surface area contributed by atoms with E-state index in [-0.39, 0.29) is 16.8 Å². The first-order valence-corrected chi connectivity index (χ1v) is 8.00. The highest BCUT2D eigenvalue weighted by molar-refractivity contribution is 9.11. The van der Waals surface area contributed by atoms with Crippen LogP contribution >= 0.6 is 27.3 Å². The van der Waals surface area contributed by atoms with Gasteiger partial charge in [0.2, 0.25) is 0 Å². The number of sulfonamides is 1. The van der Waals surface area contributed by atoms with Crippen molar-refractivity contribution in [2.45, 2.75) is 31.0 Å². The molecule has 94 valence electrons. The number of nitriles is 1. The fraction of sp³-hybridized carbons (Fsp3) is 0.500. The third-order valence-electron chi connectivity index (χ3n) is 2.20. The lowest BCUT2D eigenvalue weighted by Crippen LogP contribution is -2.36. The summed E-state index contributed by atoms with van der Waals surface area (Å²) in [4.78, 5) is 0. The molecule has 0 fully saturated rings. The van der Waals surface area contributed by atoms with Gasteiger partial charge in [0.25, 0.3) is 10.0 Å². The number of hydrogen-bond acceptors (Lipinski definition) is 4. The van der Waals surface area contributed by atoms with E-state index in [2.05, 4.69) is 15.9 Å². The highest BCUT2D eigenvalue weighted by atomic mass is 79.9. The van der Waals surface area contributed by atoms with Gasteiger partial charge in [0.1, 0.15) is 10.8 Å². The largest absolute Gasteiger partial charge is 0.253 e. The highest BCUT2D eigenvalue weighted by Crippen LogP contribution is 2.32. The minimum absolute atomic E-state index is 0.130. The summed E-state index contributed by atoms with van der Waals surface area (Å²) in [5, 5.41) is 8.69. The van der Waals surface area contributed by atoms with Crippen LogP contribution in [0.3, 0.4) is 0 Å². The average molecular weight is 337 g/mol. The summed E-state index contributed by atoms with van der Waals surface area (Å²) in [7, 11) is -3.56. The van der Waals surface area contributed by atoms with Gasteiger partial charge in [-0.25, -0.2) is 8.42 Å². The van der Waals surface area contributed by atoms with E-state index in [4.69, 9.17) is 5.26 Å². The van der Waals surface area contributed by atoms with E-state index in [1.54, 1.807) is 19.9 Å². The minimum atomic E-state index is -3.56. The van der Waals surface area contributed by atoms with Crippen LogP contribution in [0.5, 0.6) is 0 Å². The molecule has 17 heavy (non-hydrogen) atoms. The Balaban J connectivity index is 3.22. The van der Waals surface area contributed by atoms with Crippen molar-refractivity contribution in [3.05, 3.63) is 15.4 Å². The Morgan fingerprint density at radius 2 is 2.18 bits per heavy atom. The van der Waals surface area contributed by atoms with Gasteiger partial charge < -0.3 is 0 Å². The normalized spacial score (nSPS) is 12.1. The van der Waals surface area contributed by atoms with E-state index in [0.29, 0.717) is 0 Å². The molecule has 4 nitrogen and oxygen atoms in total. The topological polar surface area (TPSA) is 61.2 Å². The molecule has 0 aliphatic rings. The Labute approximate surface area is 114 Å². The van der Waals surface area contributed by atoms with Crippen LogP contribution in [-0.2, 0) is 10.0 Å². The van der Waals surface area contributed by atoms with Crippen LogP contribution in [-0.4, -0.2) is 25.3 Å². The molecule has 0 saturated heterocycles. The molecule has 0 saturated carbocycles. The van der Waals surface area contributed by atoms with Crippen molar-refractivity contribution in [3.63, 3.8) is 0 Å². The van der Waals surface area contributed by atoms with Crippen LogP contribution in [0.25, 0.3) is 0 Å². The van der Waals surface area contributed by atoms with Crippen LogP contribution in [0.4, 0.5) is 0 Å². The number of aryl methyl sites for hydroxylation is 1. The van der Waals surface area contributed by atoms with Gasteiger partial charge in [0, 0.05) is 6.04 Å². The summed E-state index contributed by atoms with van der Waals surface area (Å²) < 4.78 is 26.9. The monoisotopic (exact) mass is 336 g/mol. The molecule has 1 rings (SSSR count). The van der Waals surface area contributed by atoms with Crippen LogP contribution < -0.4 is 0 Å². The lowest BCUT2D eigenvalue weighted by Gasteiger charge is -2.21. The summed E-state index contributed by atoms with van der Waals surface area (Å²) in [6, 6.07) is 3.27. The van der Waals surface area contributed by atoms with Crippen molar-refractivity contribution in [1.82, 2.24) is 4.31 Å². The molecule has 0 N–H and O–H groups in total. The first kappa shape index (κ1) is 14.6. The first-order valence-electron chi connectivity index (χ1n) is 4.95. The zero-order chi connectivity index (χ0) is 13.2. The van der Waals surface area contributed by atoms with Gasteiger partial charge in [-0.2, -0.15) is 9.57 Å². The van der Waals surface area contributed by atoms with Crippen molar-refractivity contribution in [1.29, 1.82) is 5.26 Å². The molecular weight excluding hydrogens is 324 g/mol. The Morgan fingerprint density at radius 1 is 1.59 bits per heavy atom. The van der Waals surface area contributed by atoms with Crippen LogP contribution in [0.2, 0.25) is 0 Å². The van der Waals surface area contributed by atoms with Gasteiger partial charge in [-0.1, -0.05) is 0 Å². The Bertz CT molecular complexity index is 524. The van der Waals surface area contributed by atoms with Crippen LogP contribution in [0.15, 0.2) is 14.1 Å². The molecule has 1 aromatic rings. The van der Waals surface area contributed by atoms with Gasteiger partial charge in [0.05, 0.1) is 9.86 Å². The predicted molar refractivity (Wildman–Crippen MR) is 71.4 cm³/mol. The zero-order valence-electron chi connectivity index (χ0n) is 9.77. The van der Waals surface area contributed by atoms with E-state index < -0.39 is 10.0 Å². The van der Waals surface area contributed by atoms with Crippen molar-refractivity contribution >= 4 is 37.3 Å². The predicted octanol–water partition coefficient (Wildman–Crippen LogP) is 2.74. The van der Waals surface area contributed by atoms with E-state index in [9.17, 15) is 8.42 Å². The molecule has 0 aliphatic carbocycles. The summed E-state index contributed by atoms with van der Waals surface area (Å²) in [5.41, 5.74) is 0.884. The summed E-state index contributed by atoms with van der Waals surface area (Å²) in [6.07, 6.45) is 0. The lowest BCUT2D eigenvalue weighted by atomic mass is 10.4. The van der Waals surface area contributed by atoms with Gasteiger partial charge in [-0.05, 0) is 48.3 Å². The van der Waals surface area contributed by atoms with E-state index in [0.717, 1.165) is 9.35 Å². The maximum Gasteiger partial charge on any atom is 0.253 e. The zero-order valence-corrected chi connectivity index (χ0v) is 13.0. The van der Waals surface area contributed by atoms with Crippen LogP contribution in [0.1, 0.15) is 19.4 Å². The number of hydrogen-bond donors (Lipinski definition) is 0. The molecule has 0 amide bonds. The molecule has 0 radical (unpaired) electrons. The molecular formula is C10H13BrN2O2S2. The summed E-state index contributed by atoms with van der Waals surface area (Å²) in [6.45, 7) is 5.22. The minimum Gasteiger partial charge on any atom is -0.206 e. The smallest absolute Gasteiger partial charge is 0.206 e. The fourth-order valence-electron chi connectivity index (χ4n) is 1.29. The summed E-state index contributed by atoms with van der Waals surface area (Å²) in [5.74, 6) is 0. The SMILES string of the molecule is Cc1cc(S(=O)(=O)N(CC#N)C(C)C)sc1Br. The first-order chi connectivity index (χ1) is 7.80. The Hall–Kier alpha value is -0.420. The maximum absolute atomic E-state index is 12.3. The van der Waals surface area contributed by atoms with E-state index >= 15 is 0 Å². The second-order valence-electron chi connectivity index (χ2n) is 3.82. The van der Waals surface area contributed by atoms with E-state index in [1.165, 1.54) is 15.6 Å². The summed E-state index contributed by atoms with van der Waals surface area (Å²) >= 11 is 4.47. The van der Waals surface area contributed by atoms with Gasteiger partial charge in [-0.3, -0.25) is 0 Å². The highest BCUT2D eigenvalue weighted by Gasteiger charge is 2.28. The van der Waals surface area contributed by atoms with Gasteiger partial charge in [0.15, 0.2) is 0 Å². The second kappa shape index (κ2) is 5.48. The third kappa shape index (κ3) is 3.07. The van der Waals surface area contributed by atoms with Gasteiger partial charge >= 0.3 is 0 Å². The van der Waals surface area contributed by atoms with Crippen LogP contribution in [0, 0.1) is 18.3 Å². The maximum atomic E-state index is 12.3. The number of halogens is 1. The third-order valence-corrected chi connectivity index (χ3v) is 6.81. The Morgan fingerprint density at radius 3 is 2.53 bits per heavy atom. The molecule has 0 aromatic carbocycles. The van der Waals surface area contributed by atoms with Crippen molar-refractivity contribution in [2.24, 2.45) is 0 Å². The molecule has 7 heteroatoms. The average Bonchev–Trinajstić information content (AvgIpc) is 2.55. The van der Waals surface area contributed by atoms with Crippen molar-refractivity contribution in [2.75, 3.05) is 6.54 Å². The van der Waals surface area contributed by atoms with Crippen molar-refractivity contribution in [3.8, 4) is 6.07 Å². The molecule has 1 heterocycles. The molecule has 1 aromatic heterocycles. The Kier molecular flexibility index (Phi) is 4.72. The van der Waals surface area contributed by atoms with E-state index in [1.807, 2.05) is 13.0 Å². The molecule has 0 unspecified atom stereocenters. The van der Waals surface area contributed by atoms with Gasteiger partial charge in [-0.15, -0.1) is 11.3 Å². The standard InChI is InChI=1S/C10H13BrN2O2S2/c1-7(2)13(5-4-12)17(14,15)9-6-8(3)10(11)16-9/h6-7H,5H2,1-3H3. The molecule has 0 atom stereocenters. The fourth-order valence-corrected chi connectivity index (χ4v) is 5.18. The molecule has 0 spiro atoms. The lowest BCUT2D eigenvalue weighted by molar-refractivity contribution is 0.386. The molecule has 0 bridgehead atoms. The quantitative estimate of drug-likeness (QED) is 0.794. The number of thiophene rings is 1. The second-order valence-corrected chi connectivity index (χ2v) is 8.31. The number of nitrogens with zero attached hydrogens (tertiary/aromatic N) is 2. The molecule has 0 aliphatic heterocycles.